The van der Waals surface area contributed by atoms with Gasteiger partial charge in [0.2, 0.25) is 5.91 Å². The van der Waals surface area contributed by atoms with Crippen molar-refractivity contribution in [3.05, 3.63) is 40.9 Å². The summed E-state index contributed by atoms with van der Waals surface area (Å²) >= 11 is 3.44. The van der Waals surface area contributed by atoms with E-state index in [2.05, 4.69) is 34.2 Å². The Balaban J connectivity index is 1.84. The number of hydrogen-bond donors (Lipinski definition) is 1. The van der Waals surface area contributed by atoms with Crippen LogP contribution in [0.3, 0.4) is 0 Å². The van der Waals surface area contributed by atoms with Crippen molar-refractivity contribution in [2.75, 3.05) is 5.32 Å². The number of amides is 1. The summed E-state index contributed by atoms with van der Waals surface area (Å²) in [5, 5.41) is 14.3. The molecule has 3 rings (SSSR count). The number of anilines is 1. The predicted molar refractivity (Wildman–Crippen MR) is 86.7 cm³/mol. The third-order valence-corrected chi connectivity index (χ3v) is 4.60. The highest BCUT2D eigenvalue weighted by molar-refractivity contribution is 9.10. The molecular weight excluding hydrogens is 328 g/mol. The Morgan fingerprint density at radius 1 is 1.29 bits per heavy atom. The van der Waals surface area contributed by atoms with E-state index >= 15 is 0 Å². The molecule has 3 nitrogen and oxygen atoms in total. The van der Waals surface area contributed by atoms with Gasteiger partial charge in [-0.05, 0) is 53.8 Å². The van der Waals surface area contributed by atoms with Crippen LogP contribution in [0.25, 0.3) is 10.8 Å². The Kier molecular flexibility index (Phi) is 3.46. The van der Waals surface area contributed by atoms with Crippen molar-refractivity contribution < 1.29 is 4.79 Å². The summed E-state index contributed by atoms with van der Waals surface area (Å²) in [4.78, 5) is 12.3. The smallest absolute Gasteiger partial charge is 0.244 e. The zero-order valence-electron chi connectivity index (χ0n) is 11.7. The maximum atomic E-state index is 12.3. The van der Waals surface area contributed by atoms with Crippen LogP contribution >= 0.6 is 15.9 Å². The fraction of sp³-hybridized carbons (Fsp3) is 0.294. The van der Waals surface area contributed by atoms with Crippen molar-refractivity contribution in [1.29, 1.82) is 5.26 Å². The first kappa shape index (κ1) is 14.1. The van der Waals surface area contributed by atoms with Crippen LogP contribution in [0.15, 0.2) is 40.9 Å². The quantitative estimate of drug-likeness (QED) is 0.874. The molecule has 1 aliphatic rings. The van der Waals surface area contributed by atoms with E-state index in [-0.39, 0.29) is 5.91 Å². The molecule has 0 radical (unpaired) electrons. The number of nitriles is 1. The van der Waals surface area contributed by atoms with Crippen LogP contribution < -0.4 is 5.32 Å². The number of hydrogen-bond acceptors (Lipinski definition) is 2. The van der Waals surface area contributed by atoms with Gasteiger partial charge in [0.05, 0.1) is 6.07 Å². The van der Waals surface area contributed by atoms with Crippen molar-refractivity contribution in [3.63, 3.8) is 0 Å². The zero-order chi connectivity index (χ0) is 15.0. The summed E-state index contributed by atoms with van der Waals surface area (Å²) in [6, 6.07) is 14.0. The Labute approximate surface area is 132 Å². The standard InChI is InChI=1S/C17H15BrN2O/c1-11-8-17(9-11,10-19)16(21)20-15-5-3-12-6-14(18)4-2-13(12)7-15/h2-7,11H,8-9H2,1H3,(H,20,21). The SMILES string of the molecule is CC1CC(C#N)(C(=O)Nc2ccc3cc(Br)ccc3c2)C1. The zero-order valence-corrected chi connectivity index (χ0v) is 13.3. The minimum absolute atomic E-state index is 0.181. The highest BCUT2D eigenvalue weighted by atomic mass is 79.9. The lowest BCUT2D eigenvalue weighted by Crippen LogP contribution is -2.45. The van der Waals surface area contributed by atoms with Crippen LogP contribution in [0.2, 0.25) is 0 Å². The van der Waals surface area contributed by atoms with Crippen LogP contribution in [0.4, 0.5) is 5.69 Å². The molecule has 0 aromatic heterocycles. The fourth-order valence-corrected chi connectivity index (χ4v) is 3.38. The van der Waals surface area contributed by atoms with Gasteiger partial charge in [-0.2, -0.15) is 5.26 Å². The molecule has 1 fully saturated rings. The molecule has 0 heterocycles. The molecule has 1 amide bonds. The topological polar surface area (TPSA) is 52.9 Å². The molecular formula is C17H15BrN2O. The number of fused-ring (bicyclic) bond motifs is 1. The van der Waals surface area contributed by atoms with Gasteiger partial charge in [-0.1, -0.05) is 35.0 Å². The maximum absolute atomic E-state index is 12.3. The van der Waals surface area contributed by atoms with E-state index in [9.17, 15) is 10.1 Å². The summed E-state index contributed by atoms with van der Waals surface area (Å²) in [7, 11) is 0. The first-order valence-electron chi connectivity index (χ1n) is 6.94. The van der Waals surface area contributed by atoms with Crippen molar-refractivity contribution in [2.24, 2.45) is 11.3 Å². The third-order valence-electron chi connectivity index (χ3n) is 4.10. The first-order chi connectivity index (χ1) is 10.0. The van der Waals surface area contributed by atoms with E-state index in [1.807, 2.05) is 36.4 Å². The highest BCUT2D eigenvalue weighted by Crippen LogP contribution is 2.45. The Morgan fingerprint density at radius 2 is 1.95 bits per heavy atom. The number of nitrogens with zero attached hydrogens (tertiary/aromatic N) is 1. The minimum atomic E-state index is -0.839. The number of carbonyl (C=O) groups is 1. The lowest BCUT2D eigenvalue weighted by molar-refractivity contribution is -0.128. The van der Waals surface area contributed by atoms with Gasteiger partial charge in [0.15, 0.2) is 0 Å². The average molecular weight is 343 g/mol. The van der Waals surface area contributed by atoms with E-state index < -0.39 is 5.41 Å². The summed E-state index contributed by atoms with van der Waals surface area (Å²) < 4.78 is 1.03. The summed E-state index contributed by atoms with van der Waals surface area (Å²) in [5.74, 6) is 0.268. The molecule has 0 unspecified atom stereocenters. The monoisotopic (exact) mass is 342 g/mol. The van der Waals surface area contributed by atoms with E-state index in [1.54, 1.807) is 0 Å². The van der Waals surface area contributed by atoms with Gasteiger partial charge in [-0.3, -0.25) is 4.79 Å². The van der Waals surface area contributed by atoms with Crippen LogP contribution in [0.5, 0.6) is 0 Å². The number of carbonyl (C=O) groups excluding carboxylic acids is 1. The molecule has 21 heavy (non-hydrogen) atoms. The van der Waals surface area contributed by atoms with E-state index in [1.165, 1.54) is 0 Å². The normalized spacial score (nSPS) is 24.1. The average Bonchev–Trinajstić information content (AvgIpc) is 2.43. The molecule has 4 heteroatoms. The Bertz CT molecular complexity index is 757. The third kappa shape index (κ3) is 2.54. The molecule has 2 aromatic carbocycles. The van der Waals surface area contributed by atoms with Gasteiger partial charge >= 0.3 is 0 Å². The molecule has 1 N–H and O–H groups in total. The predicted octanol–water partition coefficient (Wildman–Crippen LogP) is 4.48. The van der Waals surface area contributed by atoms with Crippen molar-refractivity contribution in [1.82, 2.24) is 0 Å². The summed E-state index contributed by atoms with van der Waals surface area (Å²) in [6.07, 6.45) is 1.30. The molecule has 0 saturated heterocycles. The highest BCUT2D eigenvalue weighted by Gasteiger charge is 2.48. The van der Waals surface area contributed by atoms with Gasteiger partial charge in [-0.25, -0.2) is 0 Å². The van der Waals surface area contributed by atoms with Crippen LogP contribution in [0, 0.1) is 22.7 Å². The van der Waals surface area contributed by atoms with Gasteiger partial charge in [0.1, 0.15) is 5.41 Å². The molecule has 0 atom stereocenters. The molecule has 2 aromatic rings. The maximum Gasteiger partial charge on any atom is 0.244 e. The second-order valence-electron chi connectivity index (χ2n) is 5.87. The summed E-state index contributed by atoms with van der Waals surface area (Å²) in [5.41, 5.74) is -0.0994. The van der Waals surface area contributed by atoms with E-state index in [0.29, 0.717) is 18.8 Å². The molecule has 106 valence electrons. The fourth-order valence-electron chi connectivity index (χ4n) is 3.00. The van der Waals surface area contributed by atoms with Crippen molar-refractivity contribution >= 4 is 38.3 Å². The van der Waals surface area contributed by atoms with Crippen LogP contribution in [-0.4, -0.2) is 5.91 Å². The van der Waals surface area contributed by atoms with Crippen LogP contribution in [-0.2, 0) is 4.79 Å². The Morgan fingerprint density at radius 3 is 2.62 bits per heavy atom. The second-order valence-corrected chi connectivity index (χ2v) is 6.78. The number of nitrogens with one attached hydrogen (secondary N) is 1. The molecule has 1 aliphatic carbocycles. The second kappa shape index (κ2) is 5.16. The number of benzene rings is 2. The first-order valence-corrected chi connectivity index (χ1v) is 7.74. The van der Waals surface area contributed by atoms with Crippen molar-refractivity contribution in [2.45, 2.75) is 19.8 Å². The number of halogens is 1. The molecule has 0 bridgehead atoms. The van der Waals surface area contributed by atoms with Gasteiger partial charge in [-0.15, -0.1) is 0 Å². The summed E-state index contributed by atoms with van der Waals surface area (Å²) in [6.45, 7) is 2.07. The lowest BCUT2D eigenvalue weighted by atomic mass is 9.63. The van der Waals surface area contributed by atoms with Crippen LogP contribution in [0.1, 0.15) is 19.8 Å². The Hall–Kier alpha value is -1.86. The van der Waals surface area contributed by atoms with Gasteiger partial charge in [0.25, 0.3) is 0 Å². The van der Waals surface area contributed by atoms with E-state index in [4.69, 9.17) is 0 Å². The van der Waals surface area contributed by atoms with Crippen molar-refractivity contribution in [3.8, 4) is 6.07 Å². The molecule has 0 aliphatic heterocycles. The van der Waals surface area contributed by atoms with E-state index in [0.717, 1.165) is 20.9 Å². The number of rotatable bonds is 2. The van der Waals surface area contributed by atoms with Gasteiger partial charge in [0, 0.05) is 10.2 Å². The lowest BCUT2D eigenvalue weighted by Gasteiger charge is -2.39. The largest absolute Gasteiger partial charge is 0.325 e. The van der Waals surface area contributed by atoms with Gasteiger partial charge < -0.3 is 5.32 Å². The minimum Gasteiger partial charge on any atom is -0.325 e. The molecule has 0 spiro atoms. The molecule has 1 saturated carbocycles.